The van der Waals surface area contributed by atoms with Crippen LogP contribution in [0.5, 0.6) is 5.75 Å². The Hall–Kier alpha value is -3.31. The summed E-state index contributed by atoms with van der Waals surface area (Å²) in [6, 6.07) is 8.04. The number of ether oxygens (including phenoxy) is 1. The summed E-state index contributed by atoms with van der Waals surface area (Å²) >= 11 is 6.17. The highest BCUT2D eigenvalue weighted by Gasteiger charge is 2.33. The van der Waals surface area contributed by atoms with Gasteiger partial charge in [-0.3, -0.25) is 19.3 Å². The highest BCUT2D eigenvalue weighted by Crippen LogP contribution is 2.33. The predicted molar refractivity (Wildman–Crippen MR) is 160 cm³/mol. The number of carbonyl (C=O) groups is 3. The molecule has 7 nitrogen and oxygen atoms in total. The van der Waals surface area contributed by atoms with Gasteiger partial charge < -0.3 is 14.7 Å². The SMILES string of the molecule is CCCCCN(CCCCC)C(=O)c1cc(/C=C2/SC(=S)N(CC(=O)O)C2=O)ccc1OCc1ccc(F)cc1F. The van der Waals surface area contributed by atoms with Crippen LogP contribution in [0.1, 0.15) is 73.9 Å². The van der Waals surface area contributed by atoms with Crippen molar-refractivity contribution >= 4 is 52.2 Å². The van der Waals surface area contributed by atoms with Crippen molar-refractivity contribution in [3.8, 4) is 5.75 Å². The first-order valence-corrected chi connectivity index (χ1v) is 14.8. The van der Waals surface area contributed by atoms with Crippen LogP contribution in [-0.4, -0.2) is 56.6 Å². The number of thioether (sulfide) groups is 1. The zero-order chi connectivity index (χ0) is 29.9. The molecule has 0 bridgehead atoms. The fraction of sp³-hybridized carbons (Fsp3) is 0.400. The van der Waals surface area contributed by atoms with Crippen molar-refractivity contribution in [3.63, 3.8) is 0 Å². The lowest BCUT2D eigenvalue weighted by atomic mass is 10.1. The van der Waals surface area contributed by atoms with Crippen molar-refractivity contribution in [2.24, 2.45) is 0 Å². The third kappa shape index (κ3) is 9.09. The number of amides is 2. The van der Waals surface area contributed by atoms with E-state index in [1.807, 2.05) is 0 Å². The number of nitrogens with zero attached hydrogens (tertiary/aromatic N) is 2. The van der Waals surface area contributed by atoms with E-state index in [1.54, 1.807) is 29.2 Å². The van der Waals surface area contributed by atoms with Gasteiger partial charge in [0.1, 0.15) is 34.9 Å². The number of carbonyl (C=O) groups excluding carboxylic acids is 2. The molecule has 1 saturated heterocycles. The van der Waals surface area contributed by atoms with E-state index < -0.39 is 30.1 Å². The van der Waals surface area contributed by atoms with Crippen molar-refractivity contribution in [2.75, 3.05) is 19.6 Å². The summed E-state index contributed by atoms with van der Waals surface area (Å²) < 4.78 is 33.7. The first-order valence-electron chi connectivity index (χ1n) is 13.6. The van der Waals surface area contributed by atoms with Crippen LogP contribution in [0.4, 0.5) is 8.78 Å². The first kappa shape index (κ1) is 32.2. The van der Waals surface area contributed by atoms with Crippen LogP contribution in [0, 0.1) is 11.6 Å². The summed E-state index contributed by atoms with van der Waals surface area (Å²) in [6.07, 6.45) is 7.20. The Kier molecular flexibility index (Phi) is 12.3. The van der Waals surface area contributed by atoms with Crippen LogP contribution >= 0.6 is 24.0 Å². The molecule has 1 heterocycles. The number of aliphatic carboxylic acids is 1. The van der Waals surface area contributed by atoms with E-state index >= 15 is 0 Å². The summed E-state index contributed by atoms with van der Waals surface area (Å²) in [6.45, 7) is 4.56. The molecule has 11 heteroatoms. The zero-order valence-corrected chi connectivity index (χ0v) is 24.8. The predicted octanol–water partition coefficient (Wildman–Crippen LogP) is 6.65. The molecule has 2 aromatic carbocycles. The van der Waals surface area contributed by atoms with E-state index in [-0.39, 0.29) is 38.6 Å². The van der Waals surface area contributed by atoms with Crippen LogP contribution < -0.4 is 4.74 Å². The maximum atomic E-state index is 14.3. The Morgan fingerprint density at radius 3 is 2.34 bits per heavy atom. The van der Waals surface area contributed by atoms with E-state index in [2.05, 4.69) is 13.8 Å². The maximum absolute atomic E-state index is 14.3. The topological polar surface area (TPSA) is 87.2 Å². The molecular weight excluding hydrogens is 570 g/mol. The highest BCUT2D eigenvalue weighted by molar-refractivity contribution is 8.26. The number of halogens is 2. The lowest BCUT2D eigenvalue weighted by Crippen LogP contribution is -2.33. The molecule has 220 valence electrons. The largest absolute Gasteiger partial charge is 0.488 e. The second-order valence-electron chi connectivity index (χ2n) is 9.65. The van der Waals surface area contributed by atoms with Crippen molar-refractivity contribution in [2.45, 2.75) is 59.0 Å². The van der Waals surface area contributed by atoms with E-state index in [4.69, 9.17) is 22.1 Å². The van der Waals surface area contributed by atoms with E-state index in [0.29, 0.717) is 18.7 Å². The normalized spacial score (nSPS) is 14.1. The minimum Gasteiger partial charge on any atom is -0.488 e. The fourth-order valence-electron chi connectivity index (χ4n) is 4.24. The maximum Gasteiger partial charge on any atom is 0.323 e. The first-order chi connectivity index (χ1) is 19.6. The molecular formula is C30H34F2N2O5S2. The molecule has 0 spiro atoms. The van der Waals surface area contributed by atoms with Gasteiger partial charge in [-0.2, -0.15) is 0 Å². The van der Waals surface area contributed by atoms with Gasteiger partial charge >= 0.3 is 5.97 Å². The summed E-state index contributed by atoms with van der Waals surface area (Å²) in [5.41, 5.74) is 0.903. The number of rotatable bonds is 15. The molecule has 0 aromatic heterocycles. The second-order valence-corrected chi connectivity index (χ2v) is 11.3. The van der Waals surface area contributed by atoms with Crippen LogP contribution in [0.3, 0.4) is 0 Å². The van der Waals surface area contributed by atoms with Crippen LogP contribution in [0.15, 0.2) is 41.3 Å². The van der Waals surface area contributed by atoms with Gasteiger partial charge in [-0.25, -0.2) is 8.78 Å². The van der Waals surface area contributed by atoms with E-state index in [9.17, 15) is 23.2 Å². The Morgan fingerprint density at radius 2 is 1.73 bits per heavy atom. The molecule has 0 radical (unpaired) electrons. The standard InChI is InChI=1S/C30H34F2N2O5S2/c1-3-5-7-13-33(14-8-6-4-2)28(37)23-15-20(16-26-29(38)34(18-27(35)36)30(40)41-26)9-12-25(23)39-19-21-10-11-22(31)17-24(21)32/h9-12,15-17H,3-8,13-14,18-19H2,1-2H3,(H,35,36)/b26-16+. The van der Waals surface area contributed by atoms with Gasteiger partial charge in [-0.05, 0) is 48.7 Å². The summed E-state index contributed by atoms with van der Waals surface area (Å²) in [5.74, 6) is -3.18. The van der Waals surface area contributed by atoms with Crippen LogP contribution in [-0.2, 0) is 16.2 Å². The monoisotopic (exact) mass is 604 g/mol. The van der Waals surface area contributed by atoms with Gasteiger partial charge in [0.05, 0.1) is 10.5 Å². The molecule has 41 heavy (non-hydrogen) atoms. The number of hydrogen-bond acceptors (Lipinski definition) is 6. The van der Waals surface area contributed by atoms with Gasteiger partial charge in [-0.15, -0.1) is 0 Å². The van der Waals surface area contributed by atoms with Gasteiger partial charge in [-0.1, -0.05) is 69.6 Å². The van der Waals surface area contributed by atoms with Crippen molar-refractivity contribution in [3.05, 3.63) is 69.6 Å². The molecule has 0 unspecified atom stereocenters. The van der Waals surface area contributed by atoms with Crippen molar-refractivity contribution < 1.29 is 33.0 Å². The summed E-state index contributed by atoms with van der Waals surface area (Å²) in [7, 11) is 0. The number of benzene rings is 2. The van der Waals surface area contributed by atoms with Crippen LogP contribution in [0.25, 0.3) is 6.08 Å². The zero-order valence-electron chi connectivity index (χ0n) is 23.2. The summed E-state index contributed by atoms with van der Waals surface area (Å²) in [4.78, 5) is 40.9. The van der Waals surface area contributed by atoms with E-state index in [0.717, 1.165) is 67.3 Å². The van der Waals surface area contributed by atoms with Crippen molar-refractivity contribution in [1.82, 2.24) is 9.80 Å². The molecule has 1 aliphatic heterocycles. The molecule has 0 saturated carbocycles. The molecule has 1 fully saturated rings. The minimum absolute atomic E-state index is 0.138. The number of unbranched alkanes of at least 4 members (excludes halogenated alkanes) is 4. The van der Waals surface area contributed by atoms with Gasteiger partial charge in [0.2, 0.25) is 0 Å². The second kappa shape index (κ2) is 15.6. The molecule has 1 N–H and O–H groups in total. The number of carboxylic acids is 1. The third-order valence-electron chi connectivity index (χ3n) is 6.45. The molecule has 3 rings (SSSR count). The fourth-order valence-corrected chi connectivity index (χ4v) is 5.49. The lowest BCUT2D eigenvalue weighted by molar-refractivity contribution is -0.140. The minimum atomic E-state index is -1.18. The van der Waals surface area contributed by atoms with Crippen molar-refractivity contribution in [1.29, 1.82) is 0 Å². The molecule has 1 aliphatic rings. The van der Waals surface area contributed by atoms with Gasteiger partial charge in [0.15, 0.2) is 0 Å². The number of hydrogen-bond donors (Lipinski definition) is 1. The van der Waals surface area contributed by atoms with E-state index in [1.165, 1.54) is 6.07 Å². The average molecular weight is 605 g/mol. The molecule has 0 atom stereocenters. The van der Waals surface area contributed by atoms with Gasteiger partial charge in [0, 0.05) is 24.7 Å². The molecule has 2 aromatic rings. The Morgan fingerprint density at radius 1 is 1.05 bits per heavy atom. The molecule has 0 aliphatic carbocycles. The third-order valence-corrected chi connectivity index (χ3v) is 7.83. The lowest BCUT2D eigenvalue weighted by Gasteiger charge is -2.24. The number of carboxylic acid groups (broad SMARTS) is 1. The Bertz CT molecular complexity index is 1310. The van der Waals surface area contributed by atoms with Gasteiger partial charge in [0.25, 0.3) is 11.8 Å². The quantitative estimate of drug-likeness (QED) is 0.138. The van der Waals surface area contributed by atoms with Crippen LogP contribution in [0.2, 0.25) is 0 Å². The average Bonchev–Trinajstić information content (AvgIpc) is 3.18. The Balaban J connectivity index is 1.96. The highest BCUT2D eigenvalue weighted by atomic mass is 32.2. The number of thiocarbonyl (C=S) groups is 1. The summed E-state index contributed by atoms with van der Waals surface area (Å²) in [5, 5.41) is 9.10. The Labute approximate surface area is 248 Å². The molecule has 2 amide bonds. The smallest absolute Gasteiger partial charge is 0.323 e.